The van der Waals surface area contributed by atoms with Crippen molar-refractivity contribution in [3.63, 3.8) is 0 Å². The van der Waals surface area contributed by atoms with E-state index in [1.54, 1.807) is 13.0 Å². The minimum atomic E-state index is -0.818. The second-order valence-electron chi connectivity index (χ2n) is 10.4. The molecule has 0 spiro atoms. The van der Waals surface area contributed by atoms with Gasteiger partial charge in [-0.25, -0.2) is 4.90 Å². The second kappa shape index (κ2) is 9.11. The third-order valence-electron chi connectivity index (χ3n) is 8.39. The predicted octanol–water partition coefficient (Wildman–Crippen LogP) is 3.94. The highest BCUT2D eigenvalue weighted by molar-refractivity contribution is 6.25. The van der Waals surface area contributed by atoms with Crippen LogP contribution in [0.1, 0.15) is 31.2 Å². The number of amides is 2. The summed E-state index contributed by atoms with van der Waals surface area (Å²) < 4.78 is 5.55. The van der Waals surface area contributed by atoms with Gasteiger partial charge in [-0.05, 0) is 43.9 Å². The Morgan fingerprint density at radius 2 is 1.82 bits per heavy atom. The number of allylic oxidation sites excluding steroid dienone is 6. The molecule has 3 aliphatic carbocycles. The highest BCUT2D eigenvalue weighted by Crippen LogP contribution is 2.56. The van der Waals surface area contributed by atoms with Gasteiger partial charge in [0.25, 0.3) is 5.69 Å². The molecule has 1 heterocycles. The van der Waals surface area contributed by atoms with Crippen molar-refractivity contribution in [3.8, 4) is 11.5 Å². The van der Waals surface area contributed by atoms with Crippen LogP contribution in [-0.2, 0) is 19.2 Å². The van der Waals surface area contributed by atoms with Crippen molar-refractivity contribution in [2.24, 2.45) is 17.8 Å². The maximum absolute atomic E-state index is 13.9. The zero-order valence-electron chi connectivity index (χ0n) is 21.6. The molecule has 1 N–H and O–H groups in total. The maximum Gasteiger partial charge on any atom is 0.271 e. The lowest BCUT2D eigenvalue weighted by Crippen LogP contribution is -2.40. The average molecular weight is 541 g/mol. The molecule has 1 saturated heterocycles. The molecule has 202 valence electrons. The normalized spacial score (nSPS) is 25.7. The number of carbonyl (C=O) groups excluding carboxylic acids is 4. The van der Waals surface area contributed by atoms with E-state index in [1.807, 2.05) is 6.08 Å². The number of phenols is 1. The van der Waals surface area contributed by atoms with Crippen LogP contribution in [0.25, 0.3) is 0 Å². The van der Waals surface area contributed by atoms with Gasteiger partial charge in [-0.1, -0.05) is 23.8 Å². The van der Waals surface area contributed by atoms with Gasteiger partial charge in [0.2, 0.25) is 11.8 Å². The van der Waals surface area contributed by atoms with Crippen LogP contribution in [0.2, 0.25) is 0 Å². The van der Waals surface area contributed by atoms with Crippen molar-refractivity contribution in [1.82, 2.24) is 0 Å². The lowest BCUT2D eigenvalue weighted by atomic mass is 9.59. The molecular weight excluding hydrogens is 516 g/mol. The molecule has 6 rings (SSSR count). The summed E-state index contributed by atoms with van der Waals surface area (Å²) in [6, 6.07) is 9.93. The molecule has 0 saturated carbocycles. The van der Waals surface area contributed by atoms with Crippen molar-refractivity contribution >= 4 is 34.8 Å². The lowest BCUT2D eigenvalue weighted by Gasteiger charge is -2.42. The topological polar surface area (TPSA) is 144 Å². The first kappa shape index (κ1) is 25.4. The van der Waals surface area contributed by atoms with Gasteiger partial charge in [-0.15, -0.1) is 0 Å². The van der Waals surface area contributed by atoms with Crippen molar-refractivity contribution in [2.45, 2.75) is 25.7 Å². The van der Waals surface area contributed by atoms with Crippen LogP contribution in [0, 0.1) is 27.9 Å². The summed E-state index contributed by atoms with van der Waals surface area (Å²) in [5.74, 6) is -4.07. The highest BCUT2D eigenvalue weighted by Gasteiger charge is 2.57. The number of ketones is 2. The number of non-ortho nitro benzene ring substituents is 1. The zero-order valence-corrected chi connectivity index (χ0v) is 21.6. The van der Waals surface area contributed by atoms with Crippen molar-refractivity contribution in [2.75, 3.05) is 12.0 Å². The molecule has 1 aliphatic heterocycles. The predicted molar refractivity (Wildman–Crippen MR) is 142 cm³/mol. The Bertz CT molecular complexity index is 1650. The highest BCUT2D eigenvalue weighted by atomic mass is 16.6. The van der Waals surface area contributed by atoms with Crippen LogP contribution >= 0.6 is 0 Å². The number of nitro groups is 1. The van der Waals surface area contributed by atoms with Gasteiger partial charge < -0.3 is 9.84 Å². The number of Topliss-reactive ketones (excluding diaryl/α,β-unsaturated/α-hetero) is 1. The summed E-state index contributed by atoms with van der Waals surface area (Å²) in [6.45, 7) is 1.59. The van der Waals surface area contributed by atoms with Crippen LogP contribution < -0.4 is 9.64 Å². The fraction of sp³-hybridized carbons (Fsp3) is 0.267. The monoisotopic (exact) mass is 540 g/mol. The average Bonchev–Trinajstić information content (AvgIpc) is 3.20. The van der Waals surface area contributed by atoms with Crippen LogP contribution in [-0.4, -0.2) is 40.5 Å². The first-order valence-electron chi connectivity index (χ1n) is 12.8. The van der Waals surface area contributed by atoms with E-state index in [-0.39, 0.29) is 41.5 Å². The minimum Gasteiger partial charge on any atom is -0.508 e. The van der Waals surface area contributed by atoms with Gasteiger partial charge in [-0.3, -0.25) is 29.3 Å². The quantitative estimate of drug-likeness (QED) is 0.202. The van der Waals surface area contributed by atoms with Crippen molar-refractivity contribution in [3.05, 3.63) is 92.6 Å². The molecule has 40 heavy (non-hydrogen) atoms. The third kappa shape index (κ3) is 3.63. The summed E-state index contributed by atoms with van der Waals surface area (Å²) in [7, 11) is 1.44. The molecule has 2 aromatic carbocycles. The molecule has 4 aliphatic rings. The van der Waals surface area contributed by atoms with Gasteiger partial charge in [0.15, 0.2) is 11.6 Å². The zero-order chi connectivity index (χ0) is 28.5. The lowest BCUT2D eigenvalue weighted by molar-refractivity contribution is -0.384. The first-order valence-corrected chi connectivity index (χ1v) is 12.8. The summed E-state index contributed by atoms with van der Waals surface area (Å²) in [5, 5.41) is 21.4. The largest absolute Gasteiger partial charge is 0.508 e. The molecule has 4 atom stereocenters. The Morgan fingerprint density at radius 1 is 1.05 bits per heavy atom. The smallest absolute Gasteiger partial charge is 0.271 e. The Kier molecular flexibility index (Phi) is 5.79. The number of nitrogens with zero attached hydrogens (tertiary/aromatic N) is 2. The van der Waals surface area contributed by atoms with Crippen LogP contribution in [0.5, 0.6) is 11.5 Å². The van der Waals surface area contributed by atoms with Crippen LogP contribution in [0.3, 0.4) is 0 Å². The fourth-order valence-corrected chi connectivity index (χ4v) is 6.66. The number of hydrogen-bond acceptors (Lipinski definition) is 8. The number of methoxy groups -OCH3 is 1. The van der Waals surface area contributed by atoms with E-state index in [2.05, 4.69) is 0 Å². The number of hydrogen-bond donors (Lipinski definition) is 1. The van der Waals surface area contributed by atoms with E-state index in [0.29, 0.717) is 28.0 Å². The number of fused-ring (bicyclic) bond motifs is 3. The van der Waals surface area contributed by atoms with E-state index < -0.39 is 40.4 Å². The summed E-state index contributed by atoms with van der Waals surface area (Å²) in [5.41, 5.74) is 2.10. The Balaban J connectivity index is 1.49. The molecule has 2 amide bonds. The van der Waals surface area contributed by atoms with Crippen LogP contribution in [0.4, 0.5) is 11.4 Å². The number of ether oxygens (including phenoxy) is 1. The molecule has 0 bridgehead atoms. The summed E-state index contributed by atoms with van der Waals surface area (Å²) in [4.78, 5) is 66.0. The SMILES string of the molecule is COc1cc(O)ccc1C1C2=CCC3C(=O)N(c4cccc([N+](=O)[O-])c4)C(=O)C3C2CC2=C1C(=O)C(C)=CC2=O. The number of rotatable bonds is 4. The van der Waals surface area contributed by atoms with E-state index in [9.17, 15) is 34.4 Å². The number of benzene rings is 2. The Labute approximate surface area is 228 Å². The second-order valence-corrected chi connectivity index (χ2v) is 10.4. The van der Waals surface area contributed by atoms with Crippen molar-refractivity contribution < 1.29 is 33.9 Å². The van der Waals surface area contributed by atoms with Gasteiger partial charge in [0.1, 0.15) is 11.5 Å². The van der Waals surface area contributed by atoms with Crippen LogP contribution in [0.15, 0.2) is 76.9 Å². The molecule has 10 heteroatoms. The number of anilines is 1. The van der Waals surface area contributed by atoms with E-state index in [4.69, 9.17) is 4.74 Å². The molecular formula is C30H24N2O8. The number of imide groups is 1. The van der Waals surface area contributed by atoms with Gasteiger partial charge in [0, 0.05) is 46.4 Å². The van der Waals surface area contributed by atoms with Gasteiger partial charge in [0.05, 0.1) is 29.6 Å². The fourth-order valence-electron chi connectivity index (χ4n) is 6.66. The molecule has 0 aromatic heterocycles. The van der Waals surface area contributed by atoms with E-state index >= 15 is 0 Å². The Hall–Kier alpha value is -4.86. The Morgan fingerprint density at radius 3 is 2.55 bits per heavy atom. The first-order chi connectivity index (χ1) is 19.1. The van der Waals surface area contributed by atoms with Gasteiger partial charge >= 0.3 is 0 Å². The molecule has 2 aromatic rings. The molecule has 10 nitrogen and oxygen atoms in total. The van der Waals surface area contributed by atoms with E-state index in [1.165, 1.54) is 49.6 Å². The third-order valence-corrected chi connectivity index (χ3v) is 8.39. The standard InChI is InChI=1S/C30H24N2O8/c1-14-10-23(34)22-13-21-18(25(27(22)28(14)35)19-7-6-17(33)12-24(19)40-2)8-9-20-26(21)30(37)31(29(20)36)15-4-3-5-16(11-15)32(38)39/h3-8,10-12,20-21,25-26,33H,9,13H2,1-2H3. The van der Waals surface area contributed by atoms with E-state index in [0.717, 1.165) is 10.5 Å². The van der Waals surface area contributed by atoms with Gasteiger partial charge in [-0.2, -0.15) is 0 Å². The summed E-state index contributed by atoms with van der Waals surface area (Å²) >= 11 is 0. The number of carbonyl (C=O) groups is 4. The maximum atomic E-state index is 13.9. The number of nitro benzene ring substituents is 1. The van der Waals surface area contributed by atoms with Crippen molar-refractivity contribution in [1.29, 1.82) is 0 Å². The summed E-state index contributed by atoms with van der Waals surface area (Å²) in [6.07, 6.45) is 3.51. The molecule has 0 radical (unpaired) electrons. The number of aromatic hydroxyl groups is 1. The molecule has 1 fully saturated rings. The minimum absolute atomic E-state index is 0.0360. The number of phenolic OH excluding ortho intramolecular Hbond substituents is 1. The molecule has 4 unspecified atom stereocenters.